The number of fused-ring (bicyclic) bond motifs is 1. The van der Waals surface area contributed by atoms with E-state index in [1.54, 1.807) is 11.3 Å². The van der Waals surface area contributed by atoms with Crippen LogP contribution in [-0.2, 0) is 6.54 Å². The zero-order chi connectivity index (χ0) is 19.6. The van der Waals surface area contributed by atoms with Crippen LogP contribution in [0.2, 0.25) is 0 Å². The molecular formula is C23H21N3OS2. The number of carbonyl (C=O) groups is 1. The molecule has 0 radical (unpaired) electrons. The van der Waals surface area contributed by atoms with Gasteiger partial charge in [0.25, 0.3) is 5.91 Å². The van der Waals surface area contributed by atoms with Crippen LogP contribution in [0, 0.1) is 0 Å². The predicted octanol–water partition coefficient (Wildman–Crippen LogP) is 4.98. The largest absolute Gasteiger partial charge is 0.335 e. The van der Waals surface area contributed by atoms with E-state index < -0.39 is 0 Å². The van der Waals surface area contributed by atoms with Gasteiger partial charge in [-0.3, -0.25) is 9.69 Å². The first-order valence-electron chi connectivity index (χ1n) is 9.77. The molecule has 6 heteroatoms. The molecule has 3 heterocycles. The summed E-state index contributed by atoms with van der Waals surface area (Å²) >= 11 is 3.30. The van der Waals surface area contributed by atoms with Crippen LogP contribution in [0.3, 0.4) is 0 Å². The molecule has 4 aromatic rings. The van der Waals surface area contributed by atoms with Crippen molar-refractivity contribution < 1.29 is 4.79 Å². The molecule has 0 aliphatic carbocycles. The first-order chi connectivity index (χ1) is 14.3. The summed E-state index contributed by atoms with van der Waals surface area (Å²) in [5.74, 6) is 0.151. The fourth-order valence-electron chi connectivity index (χ4n) is 3.75. The van der Waals surface area contributed by atoms with Crippen molar-refractivity contribution in [3.8, 4) is 11.1 Å². The molecule has 0 saturated carbocycles. The smallest absolute Gasteiger partial charge is 0.264 e. The van der Waals surface area contributed by atoms with Crippen molar-refractivity contribution in [2.75, 3.05) is 26.2 Å². The van der Waals surface area contributed by atoms with Gasteiger partial charge in [0.1, 0.15) is 5.01 Å². The predicted molar refractivity (Wildman–Crippen MR) is 121 cm³/mol. The molecule has 2 aromatic carbocycles. The number of hydrogen-bond acceptors (Lipinski definition) is 5. The highest BCUT2D eigenvalue weighted by Gasteiger charge is 2.25. The van der Waals surface area contributed by atoms with Gasteiger partial charge in [-0.15, -0.1) is 22.7 Å². The van der Waals surface area contributed by atoms with Crippen molar-refractivity contribution in [1.82, 2.24) is 14.8 Å². The average Bonchev–Trinajstić information content (AvgIpc) is 3.41. The molecule has 1 saturated heterocycles. The van der Waals surface area contributed by atoms with Gasteiger partial charge in [0, 0.05) is 31.7 Å². The van der Waals surface area contributed by atoms with Gasteiger partial charge in [0.2, 0.25) is 0 Å². The Hall–Kier alpha value is -2.54. The van der Waals surface area contributed by atoms with Crippen molar-refractivity contribution >= 4 is 38.8 Å². The second-order valence-electron chi connectivity index (χ2n) is 7.17. The molecule has 0 spiro atoms. The quantitative estimate of drug-likeness (QED) is 0.468. The summed E-state index contributed by atoms with van der Waals surface area (Å²) in [6.45, 7) is 4.14. The highest BCUT2D eigenvalue weighted by atomic mass is 32.1. The number of carbonyl (C=O) groups excluding carboxylic acids is 1. The summed E-state index contributed by atoms with van der Waals surface area (Å²) in [5.41, 5.74) is 3.22. The third-order valence-corrected chi connectivity index (χ3v) is 7.22. The maximum Gasteiger partial charge on any atom is 0.264 e. The summed E-state index contributed by atoms with van der Waals surface area (Å²) in [7, 11) is 0. The number of amides is 1. The van der Waals surface area contributed by atoms with Crippen LogP contribution in [0.25, 0.3) is 21.3 Å². The van der Waals surface area contributed by atoms with E-state index >= 15 is 0 Å². The molecule has 0 unspecified atom stereocenters. The fourth-order valence-corrected chi connectivity index (χ4v) is 5.64. The maximum absolute atomic E-state index is 13.1. The molecule has 0 bridgehead atoms. The lowest BCUT2D eigenvalue weighted by atomic mass is 10.1. The van der Waals surface area contributed by atoms with Crippen LogP contribution < -0.4 is 0 Å². The molecule has 1 fully saturated rings. The fraction of sp³-hybridized carbons (Fsp3) is 0.217. The second-order valence-corrected chi connectivity index (χ2v) is 9.20. The van der Waals surface area contributed by atoms with E-state index in [1.807, 2.05) is 34.5 Å². The Bertz CT molecular complexity index is 1090. The SMILES string of the molecule is O=C(c1sccc1-c1ccccc1)N1CCN(Cc2nc3ccccc3s2)CC1. The molecule has 1 aliphatic heterocycles. The van der Waals surface area contributed by atoms with E-state index in [0.29, 0.717) is 0 Å². The van der Waals surface area contributed by atoms with E-state index in [1.165, 1.54) is 16.0 Å². The number of thiophene rings is 1. The van der Waals surface area contributed by atoms with Gasteiger partial charge >= 0.3 is 0 Å². The van der Waals surface area contributed by atoms with E-state index in [4.69, 9.17) is 4.98 Å². The Kier molecular flexibility index (Phi) is 5.14. The Balaban J connectivity index is 1.24. The van der Waals surface area contributed by atoms with Crippen LogP contribution in [0.1, 0.15) is 14.7 Å². The van der Waals surface area contributed by atoms with Crippen molar-refractivity contribution in [1.29, 1.82) is 0 Å². The number of rotatable bonds is 4. The number of hydrogen-bond donors (Lipinski definition) is 0. The topological polar surface area (TPSA) is 36.4 Å². The third kappa shape index (κ3) is 3.83. The number of nitrogens with zero attached hydrogens (tertiary/aromatic N) is 3. The average molecular weight is 420 g/mol. The molecule has 4 nitrogen and oxygen atoms in total. The van der Waals surface area contributed by atoms with Crippen LogP contribution in [0.4, 0.5) is 0 Å². The van der Waals surface area contributed by atoms with Gasteiger partial charge in [0.15, 0.2) is 0 Å². The summed E-state index contributed by atoms with van der Waals surface area (Å²) in [5, 5.41) is 3.16. The zero-order valence-electron chi connectivity index (χ0n) is 16.0. The molecule has 0 N–H and O–H groups in total. The van der Waals surface area contributed by atoms with Gasteiger partial charge in [-0.1, -0.05) is 42.5 Å². The standard InChI is InChI=1S/C23H21N3OS2/c27-23(22-18(10-15-28-22)17-6-2-1-3-7-17)26-13-11-25(12-14-26)16-21-24-19-8-4-5-9-20(19)29-21/h1-10,15H,11-14,16H2. The van der Waals surface area contributed by atoms with Gasteiger partial charge < -0.3 is 4.90 Å². The van der Waals surface area contributed by atoms with E-state index in [9.17, 15) is 4.79 Å². The first-order valence-corrected chi connectivity index (χ1v) is 11.5. The number of piperazine rings is 1. The van der Waals surface area contributed by atoms with E-state index in [-0.39, 0.29) is 5.91 Å². The maximum atomic E-state index is 13.1. The Morgan fingerprint density at radius 1 is 0.931 bits per heavy atom. The van der Waals surface area contributed by atoms with Gasteiger partial charge in [-0.25, -0.2) is 4.98 Å². The number of aromatic nitrogens is 1. The molecule has 1 aliphatic rings. The molecule has 0 atom stereocenters. The minimum atomic E-state index is 0.151. The summed E-state index contributed by atoms with van der Waals surface area (Å²) in [4.78, 5) is 23.1. The van der Waals surface area contributed by atoms with Gasteiger partial charge in [-0.05, 0) is 29.1 Å². The van der Waals surface area contributed by atoms with Crippen LogP contribution in [-0.4, -0.2) is 46.9 Å². The van der Waals surface area contributed by atoms with Crippen LogP contribution in [0.5, 0.6) is 0 Å². The van der Waals surface area contributed by atoms with Crippen molar-refractivity contribution in [2.45, 2.75) is 6.54 Å². The highest BCUT2D eigenvalue weighted by molar-refractivity contribution is 7.18. The van der Waals surface area contributed by atoms with E-state index in [2.05, 4.69) is 41.3 Å². The highest BCUT2D eigenvalue weighted by Crippen LogP contribution is 2.30. The molecule has 1 amide bonds. The lowest BCUT2D eigenvalue weighted by Crippen LogP contribution is -2.48. The van der Waals surface area contributed by atoms with Crippen molar-refractivity contribution in [3.63, 3.8) is 0 Å². The monoisotopic (exact) mass is 419 g/mol. The first kappa shape index (κ1) is 18.5. The normalized spacial score (nSPS) is 15.1. The molecule has 29 heavy (non-hydrogen) atoms. The van der Waals surface area contributed by atoms with E-state index in [0.717, 1.165) is 59.3 Å². The number of benzene rings is 2. The lowest BCUT2D eigenvalue weighted by Gasteiger charge is -2.34. The minimum absolute atomic E-state index is 0.151. The minimum Gasteiger partial charge on any atom is -0.335 e. The van der Waals surface area contributed by atoms with Gasteiger partial charge in [0.05, 0.1) is 21.6 Å². The van der Waals surface area contributed by atoms with Crippen LogP contribution >= 0.6 is 22.7 Å². The molecule has 2 aromatic heterocycles. The van der Waals surface area contributed by atoms with Crippen LogP contribution in [0.15, 0.2) is 66.0 Å². The number of para-hydroxylation sites is 1. The van der Waals surface area contributed by atoms with Gasteiger partial charge in [-0.2, -0.15) is 0 Å². The second kappa shape index (κ2) is 8.06. The number of thiazole rings is 1. The van der Waals surface area contributed by atoms with Crippen molar-refractivity contribution in [3.05, 3.63) is 75.9 Å². The Morgan fingerprint density at radius 2 is 1.69 bits per heavy atom. The third-order valence-electron chi connectivity index (χ3n) is 5.30. The molecule has 5 rings (SSSR count). The summed E-state index contributed by atoms with van der Waals surface area (Å²) < 4.78 is 1.24. The summed E-state index contributed by atoms with van der Waals surface area (Å²) in [6.07, 6.45) is 0. The Morgan fingerprint density at radius 3 is 2.48 bits per heavy atom. The zero-order valence-corrected chi connectivity index (χ0v) is 17.6. The lowest BCUT2D eigenvalue weighted by molar-refractivity contribution is 0.0634. The Labute approximate surface area is 178 Å². The molecular weight excluding hydrogens is 398 g/mol. The van der Waals surface area contributed by atoms with Crippen molar-refractivity contribution in [2.24, 2.45) is 0 Å². The summed E-state index contributed by atoms with van der Waals surface area (Å²) in [6, 6.07) is 20.5. The molecule has 146 valence electrons.